The molecule has 0 aliphatic heterocycles. The van der Waals surface area contributed by atoms with Crippen molar-refractivity contribution in [2.24, 2.45) is 0 Å². The fourth-order valence-corrected chi connectivity index (χ4v) is 7.15. The van der Waals surface area contributed by atoms with Crippen LogP contribution >= 0.6 is 0 Å². The fraction of sp³-hybridized carbons (Fsp3) is 0.270. The first-order valence-corrected chi connectivity index (χ1v) is 18.4. The van der Waals surface area contributed by atoms with Crippen LogP contribution < -0.4 is 9.20 Å². The number of sulfone groups is 1. The van der Waals surface area contributed by atoms with Gasteiger partial charge >= 0.3 is 250 Å². The molecule has 9 heteroatoms. The molecule has 242 valence electrons. The Bertz CT molecular complexity index is 1580. The molecule has 0 aliphatic carbocycles. The maximum atomic E-state index is 13.0. The normalized spacial score (nSPS) is 12.9. The maximum absolute atomic E-state index is 13.0. The van der Waals surface area contributed by atoms with Crippen LogP contribution in [0.4, 0.5) is 0 Å². The van der Waals surface area contributed by atoms with Crippen molar-refractivity contribution in [2.75, 3.05) is 13.7 Å². The van der Waals surface area contributed by atoms with Crippen molar-refractivity contribution in [1.29, 1.82) is 0 Å². The Labute approximate surface area is 278 Å². The van der Waals surface area contributed by atoms with E-state index in [4.69, 9.17) is 18.9 Å². The van der Waals surface area contributed by atoms with Crippen molar-refractivity contribution in [3.05, 3.63) is 138 Å². The van der Waals surface area contributed by atoms with Gasteiger partial charge in [0.2, 0.25) is 0 Å². The second-order valence-electron chi connectivity index (χ2n) is 10.5. The average molecular weight is 708 g/mol. The Balaban J connectivity index is 1.44. The minimum absolute atomic E-state index is 0.137. The molecule has 0 bridgehead atoms. The van der Waals surface area contributed by atoms with Crippen LogP contribution in [0, 0.1) is 0 Å². The molecule has 0 aromatic heterocycles. The number of methoxy groups -OCH3 is 1. The van der Waals surface area contributed by atoms with E-state index in [1.165, 1.54) is 6.26 Å². The first kappa shape index (κ1) is 35.1. The molecule has 4 rings (SSSR count). The summed E-state index contributed by atoms with van der Waals surface area (Å²) in [5.41, 5.74) is 2.05. The number of ether oxygens (including phenoxy) is 4. The zero-order chi connectivity index (χ0) is 32.5. The summed E-state index contributed by atoms with van der Waals surface area (Å²) in [4.78, 5) is 13.2. The van der Waals surface area contributed by atoms with Gasteiger partial charge in [0.25, 0.3) is 0 Å². The van der Waals surface area contributed by atoms with Gasteiger partial charge in [0, 0.05) is 0 Å². The monoisotopic (exact) mass is 708 g/mol. The van der Waals surface area contributed by atoms with E-state index >= 15 is 0 Å². The van der Waals surface area contributed by atoms with Crippen LogP contribution in [0.3, 0.4) is 0 Å². The van der Waals surface area contributed by atoms with Gasteiger partial charge in [-0.15, -0.1) is 0 Å². The van der Waals surface area contributed by atoms with E-state index < -0.39 is 22.0 Å². The van der Waals surface area contributed by atoms with E-state index in [2.05, 4.69) is 0 Å². The van der Waals surface area contributed by atoms with Gasteiger partial charge in [0.15, 0.2) is 0 Å². The van der Waals surface area contributed by atoms with E-state index in [0.29, 0.717) is 39.1 Å². The van der Waals surface area contributed by atoms with Crippen molar-refractivity contribution < 1.29 is 32.2 Å². The predicted molar refractivity (Wildman–Crippen MR) is 181 cm³/mol. The third-order valence-electron chi connectivity index (χ3n) is 7.09. The molecule has 4 aromatic carbocycles. The van der Waals surface area contributed by atoms with Gasteiger partial charge in [-0.3, -0.25) is 0 Å². The van der Waals surface area contributed by atoms with Gasteiger partial charge in [0.1, 0.15) is 5.75 Å². The van der Waals surface area contributed by atoms with Crippen molar-refractivity contribution in [2.45, 2.75) is 56.0 Å². The van der Waals surface area contributed by atoms with Crippen LogP contribution in [0.1, 0.15) is 36.8 Å². The van der Waals surface area contributed by atoms with Crippen LogP contribution in [0.5, 0.6) is 5.75 Å². The van der Waals surface area contributed by atoms with Crippen LogP contribution in [0.15, 0.2) is 132 Å². The number of rotatable bonds is 20. The zero-order valence-corrected chi connectivity index (χ0v) is 28.4. The Hall–Kier alpha value is -3.72. The van der Waals surface area contributed by atoms with Crippen molar-refractivity contribution in [1.82, 2.24) is 0 Å². The molecular formula is C37H40O7SSe. The molecule has 0 saturated carbocycles. The third-order valence-corrected chi connectivity index (χ3v) is 10.5. The molecule has 0 N–H and O–H groups in total. The molecule has 4 aromatic rings. The van der Waals surface area contributed by atoms with E-state index in [1.54, 1.807) is 37.4 Å². The Morgan fingerprint density at radius 3 is 2.07 bits per heavy atom. The molecule has 0 spiro atoms. The van der Waals surface area contributed by atoms with Gasteiger partial charge in [-0.05, 0) is 12.1 Å². The molecule has 46 heavy (non-hydrogen) atoms. The first-order valence-electron chi connectivity index (χ1n) is 15.2. The second kappa shape index (κ2) is 19.1. The molecule has 0 saturated heterocycles. The molecule has 0 radical (unpaired) electrons. The number of benzene rings is 4. The van der Waals surface area contributed by atoms with Crippen molar-refractivity contribution >= 4 is 33.9 Å². The van der Waals surface area contributed by atoms with Crippen LogP contribution in [0.25, 0.3) is 0 Å². The molecule has 0 fully saturated rings. The minimum Gasteiger partial charge on any atom is -0.0196 e. The zero-order valence-electron chi connectivity index (χ0n) is 25.9. The summed E-state index contributed by atoms with van der Waals surface area (Å²) in [6, 6.07) is 35.5. The molecular weight excluding hydrogens is 667 g/mol. The molecule has 0 aliphatic rings. The summed E-state index contributed by atoms with van der Waals surface area (Å²) >= 11 is -0.325. The standard InChI is InChI=1S/C37H40O7SSe/c1-41-32-21-19-31(20-22-32)28-42-25-11-18-35(44-29-30-12-5-2-6-13-30)36(23-24-37(38)46-34-16-9-4-10-17-34)43-26-27-45(39,40)33-14-7-3-8-15-33/h2-10,12-17,19-22,26-27,35-36H,11,18,23-25,28-29H2,1H3/b27-26-/t35-,36-/m0/s1. The van der Waals surface area contributed by atoms with Gasteiger partial charge < -0.3 is 4.74 Å². The number of hydrogen-bond donors (Lipinski definition) is 0. The van der Waals surface area contributed by atoms with Gasteiger partial charge in [-0.2, -0.15) is 0 Å². The smallest absolute Gasteiger partial charge is 0.0196 e. The number of hydrogen-bond acceptors (Lipinski definition) is 7. The fourth-order valence-electron chi connectivity index (χ4n) is 4.62. The second-order valence-corrected chi connectivity index (χ2v) is 14.7. The molecule has 0 amide bonds. The van der Waals surface area contributed by atoms with Gasteiger partial charge in [-0.1, -0.05) is 0 Å². The molecule has 0 unspecified atom stereocenters. The molecule has 2 atom stereocenters. The van der Waals surface area contributed by atoms with Crippen molar-refractivity contribution in [3.63, 3.8) is 0 Å². The third kappa shape index (κ3) is 12.2. The summed E-state index contributed by atoms with van der Waals surface area (Å²) in [5, 5.41) is 1.07. The van der Waals surface area contributed by atoms with Gasteiger partial charge in [0.05, 0.1) is 7.11 Å². The van der Waals surface area contributed by atoms with E-state index in [9.17, 15) is 13.2 Å². The van der Waals surface area contributed by atoms with E-state index in [0.717, 1.165) is 26.7 Å². The van der Waals surface area contributed by atoms with Crippen LogP contribution in [-0.2, 0) is 42.1 Å². The number of carbonyl (C=O) groups excluding carboxylic acids is 1. The van der Waals surface area contributed by atoms with Gasteiger partial charge in [-0.25, -0.2) is 0 Å². The number of carbonyl (C=O) groups is 1. The van der Waals surface area contributed by atoms with Crippen molar-refractivity contribution in [3.8, 4) is 5.75 Å². The minimum atomic E-state index is -3.70. The average Bonchev–Trinajstić information content (AvgIpc) is 3.09. The molecule has 7 nitrogen and oxygen atoms in total. The predicted octanol–water partition coefficient (Wildman–Crippen LogP) is 6.24. The summed E-state index contributed by atoms with van der Waals surface area (Å²) in [6.07, 6.45) is 2.21. The first-order chi connectivity index (χ1) is 22.4. The topological polar surface area (TPSA) is 88.1 Å². The summed E-state index contributed by atoms with van der Waals surface area (Å²) in [5.74, 6) is 0.794. The summed E-state index contributed by atoms with van der Waals surface area (Å²) in [6.45, 7) is 1.32. The Kier molecular flexibility index (Phi) is 14.6. The van der Waals surface area contributed by atoms with E-state index in [-0.39, 0.29) is 31.0 Å². The van der Waals surface area contributed by atoms with E-state index in [1.807, 2.05) is 84.9 Å². The van der Waals surface area contributed by atoms with Crippen LogP contribution in [-0.4, -0.2) is 54.0 Å². The summed E-state index contributed by atoms with van der Waals surface area (Å²) in [7, 11) is -2.07. The Morgan fingerprint density at radius 1 is 0.761 bits per heavy atom. The summed E-state index contributed by atoms with van der Waals surface area (Å²) < 4.78 is 50.6. The molecule has 0 heterocycles. The quantitative estimate of drug-likeness (QED) is 0.0611. The Morgan fingerprint density at radius 2 is 1.39 bits per heavy atom. The SMILES string of the molecule is COc1ccc(COCCC[C@H](OCc2ccccc2)[C@H](CCC(=O)[Se]c2ccccc2)O/C=C\S(=O)(=O)c2ccccc2)cc1. The van der Waals surface area contributed by atoms with Crippen LogP contribution in [0.2, 0.25) is 0 Å².